The molecule has 122 valence electrons. The Kier molecular flexibility index (Phi) is 4.82. The molecule has 2 rings (SSSR count). The standard InChI is InChI=1S/C14H23N5O3/c1-9(8-15)19-10(2)16-12-11(19)13(20)17(3)14(21)18(12)6-5-7-22-4/h9H,5-8,15H2,1-4H3. The van der Waals surface area contributed by atoms with E-state index in [1.54, 1.807) is 7.11 Å². The Morgan fingerprint density at radius 3 is 2.64 bits per heavy atom. The first-order chi connectivity index (χ1) is 10.4. The second kappa shape index (κ2) is 6.45. The number of nitrogens with two attached hydrogens (primary N) is 1. The SMILES string of the molecule is COCCCn1c(=O)n(C)c(=O)c2c1nc(C)n2C(C)CN. The van der Waals surface area contributed by atoms with Gasteiger partial charge in [0.1, 0.15) is 5.82 Å². The summed E-state index contributed by atoms with van der Waals surface area (Å²) in [4.78, 5) is 29.3. The topological polar surface area (TPSA) is 97.1 Å². The van der Waals surface area contributed by atoms with E-state index in [2.05, 4.69) is 4.98 Å². The summed E-state index contributed by atoms with van der Waals surface area (Å²) in [6.07, 6.45) is 0.669. The maximum atomic E-state index is 12.5. The first-order valence-corrected chi connectivity index (χ1v) is 7.31. The van der Waals surface area contributed by atoms with E-state index in [1.807, 2.05) is 18.4 Å². The Hall–Kier alpha value is -1.93. The van der Waals surface area contributed by atoms with E-state index >= 15 is 0 Å². The molecular weight excluding hydrogens is 286 g/mol. The highest BCUT2D eigenvalue weighted by atomic mass is 16.5. The van der Waals surface area contributed by atoms with Crippen molar-refractivity contribution in [1.29, 1.82) is 0 Å². The van der Waals surface area contributed by atoms with Crippen LogP contribution >= 0.6 is 0 Å². The summed E-state index contributed by atoms with van der Waals surface area (Å²) in [6.45, 7) is 5.11. The Bertz CT molecular complexity index is 786. The summed E-state index contributed by atoms with van der Waals surface area (Å²) < 4.78 is 9.49. The molecule has 2 heterocycles. The highest BCUT2D eigenvalue weighted by Gasteiger charge is 2.20. The predicted octanol–water partition coefficient (Wildman–Crippen LogP) is -0.239. The fourth-order valence-electron chi connectivity index (χ4n) is 2.65. The maximum absolute atomic E-state index is 12.5. The fourth-order valence-corrected chi connectivity index (χ4v) is 2.65. The Balaban J connectivity index is 2.76. The normalized spacial score (nSPS) is 13.0. The highest BCUT2D eigenvalue weighted by Crippen LogP contribution is 2.16. The van der Waals surface area contributed by atoms with Crippen molar-refractivity contribution < 1.29 is 4.74 Å². The molecule has 0 bridgehead atoms. The smallest absolute Gasteiger partial charge is 0.332 e. The minimum atomic E-state index is -0.362. The van der Waals surface area contributed by atoms with Crippen LogP contribution in [0.3, 0.4) is 0 Å². The van der Waals surface area contributed by atoms with Crippen LogP contribution in [0.1, 0.15) is 25.2 Å². The lowest BCUT2D eigenvalue weighted by Gasteiger charge is -2.14. The molecule has 0 spiro atoms. The summed E-state index contributed by atoms with van der Waals surface area (Å²) >= 11 is 0. The summed E-state index contributed by atoms with van der Waals surface area (Å²) in [7, 11) is 3.09. The van der Waals surface area contributed by atoms with Crippen molar-refractivity contribution in [3.63, 3.8) is 0 Å². The molecule has 0 aliphatic carbocycles. The number of aromatic nitrogens is 4. The number of rotatable bonds is 6. The number of methoxy groups -OCH3 is 1. The second-order valence-corrected chi connectivity index (χ2v) is 5.43. The lowest BCUT2D eigenvalue weighted by atomic mass is 10.3. The molecule has 8 nitrogen and oxygen atoms in total. The third kappa shape index (κ3) is 2.59. The van der Waals surface area contributed by atoms with E-state index in [0.29, 0.717) is 43.1 Å². The van der Waals surface area contributed by atoms with Crippen LogP contribution in [0.2, 0.25) is 0 Å². The van der Waals surface area contributed by atoms with Crippen LogP contribution in [-0.4, -0.2) is 38.9 Å². The Morgan fingerprint density at radius 2 is 2.05 bits per heavy atom. The molecule has 0 aliphatic heterocycles. The monoisotopic (exact) mass is 309 g/mol. The molecule has 2 N–H and O–H groups in total. The quantitative estimate of drug-likeness (QED) is 0.743. The molecule has 0 saturated heterocycles. The van der Waals surface area contributed by atoms with Crippen LogP contribution in [0.4, 0.5) is 0 Å². The molecule has 0 saturated carbocycles. The summed E-state index contributed by atoms with van der Waals surface area (Å²) in [5.74, 6) is 0.677. The van der Waals surface area contributed by atoms with E-state index in [1.165, 1.54) is 11.6 Å². The van der Waals surface area contributed by atoms with E-state index in [0.717, 1.165) is 4.57 Å². The van der Waals surface area contributed by atoms with Crippen molar-refractivity contribution in [3.05, 3.63) is 26.7 Å². The van der Waals surface area contributed by atoms with E-state index < -0.39 is 0 Å². The number of fused-ring (bicyclic) bond motifs is 1. The molecule has 2 aromatic heterocycles. The molecule has 0 radical (unpaired) electrons. The number of hydrogen-bond donors (Lipinski definition) is 1. The largest absolute Gasteiger partial charge is 0.385 e. The van der Waals surface area contributed by atoms with Gasteiger partial charge in [0.2, 0.25) is 0 Å². The van der Waals surface area contributed by atoms with Crippen molar-refractivity contribution in [2.75, 3.05) is 20.3 Å². The minimum absolute atomic E-state index is 0.0670. The molecule has 2 aromatic rings. The first kappa shape index (κ1) is 16.4. The van der Waals surface area contributed by atoms with Crippen molar-refractivity contribution in [2.24, 2.45) is 12.8 Å². The van der Waals surface area contributed by atoms with Crippen LogP contribution in [0.5, 0.6) is 0 Å². The zero-order valence-corrected chi connectivity index (χ0v) is 13.5. The van der Waals surface area contributed by atoms with Gasteiger partial charge in [-0.3, -0.25) is 13.9 Å². The summed E-state index contributed by atoms with van der Waals surface area (Å²) in [6, 6.07) is -0.0670. The number of nitrogens with zero attached hydrogens (tertiary/aromatic N) is 4. The predicted molar refractivity (Wildman–Crippen MR) is 84.2 cm³/mol. The third-order valence-electron chi connectivity index (χ3n) is 3.86. The van der Waals surface area contributed by atoms with Gasteiger partial charge in [-0.25, -0.2) is 9.78 Å². The molecule has 8 heteroatoms. The van der Waals surface area contributed by atoms with Crippen LogP contribution in [0.15, 0.2) is 9.59 Å². The first-order valence-electron chi connectivity index (χ1n) is 7.31. The molecule has 1 atom stereocenters. The molecule has 0 aromatic carbocycles. The zero-order valence-electron chi connectivity index (χ0n) is 13.5. The van der Waals surface area contributed by atoms with Gasteiger partial charge in [-0.2, -0.15) is 0 Å². The average Bonchev–Trinajstić information content (AvgIpc) is 2.85. The molecule has 22 heavy (non-hydrogen) atoms. The van der Waals surface area contributed by atoms with Crippen molar-refractivity contribution in [1.82, 2.24) is 18.7 Å². The van der Waals surface area contributed by atoms with E-state index in [-0.39, 0.29) is 17.3 Å². The number of imidazole rings is 1. The lowest BCUT2D eigenvalue weighted by molar-refractivity contribution is 0.190. The van der Waals surface area contributed by atoms with Crippen LogP contribution in [-0.2, 0) is 18.3 Å². The van der Waals surface area contributed by atoms with Gasteiger partial charge in [-0.1, -0.05) is 0 Å². The molecule has 0 aliphatic rings. The van der Waals surface area contributed by atoms with Crippen LogP contribution < -0.4 is 17.0 Å². The van der Waals surface area contributed by atoms with Crippen molar-refractivity contribution >= 4 is 11.2 Å². The third-order valence-corrected chi connectivity index (χ3v) is 3.86. The van der Waals surface area contributed by atoms with Crippen LogP contribution in [0, 0.1) is 6.92 Å². The number of aryl methyl sites for hydroxylation is 2. The fraction of sp³-hybridized carbons (Fsp3) is 0.643. The second-order valence-electron chi connectivity index (χ2n) is 5.43. The average molecular weight is 309 g/mol. The van der Waals surface area contributed by atoms with Crippen molar-refractivity contribution in [2.45, 2.75) is 32.9 Å². The maximum Gasteiger partial charge on any atom is 0.332 e. The zero-order chi connectivity index (χ0) is 16.4. The van der Waals surface area contributed by atoms with Gasteiger partial charge < -0.3 is 15.0 Å². The molecular formula is C14H23N5O3. The van der Waals surface area contributed by atoms with Crippen LogP contribution in [0.25, 0.3) is 11.2 Å². The van der Waals surface area contributed by atoms with Gasteiger partial charge >= 0.3 is 5.69 Å². The van der Waals surface area contributed by atoms with Gasteiger partial charge in [0, 0.05) is 39.9 Å². The van der Waals surface area contributed by atoms with Crippen molar-refractivity contribution in [3.8, 4) is 0 Å². The molecule has 0 amide bonds. The molecule has 0 fully saturated rings. The van der Waals surface area contributed by atoms with E-state index in [4.69, 9.17) is 10.5 Å². The summed E-state index contributed by atoms with van der Waals surface area (Å²) in [5.41, 5.74) is 5.87. The van der Waals surface area contributed by atoms with Gasteiger partial charge in [-0.05, 0) is 20.3 Å². The highest BCUT2D eigenvalue weighted by molar-refractivity contribution is 5.71. The summed E-state index contributed by atoms with van der Waals surface area (Å²) in [5, 5.41) is 0. The van der Waals surface area contributed by atoms with Gasteiger partial charge in [0.25, 0.3) is 5.56 Å². The Labute approximate surface area is 128 Å². The van der Waals surface area contributed by atoms with Gasteiger partial charge in [0.05, 0.1) is 0 Å². The minimum Gasteiger partial charge on any atom is -0.385 e. The number of ether oxygens (including phenoxy) is 1. The Morgan fingerprint density at radius 1 is 1.36 bits per heavy atom. The molecule has 1 unspecified atom stereocenters. The van der Waals surface area contributed by atoms with Gasteiger partial charge in [0.15, 0.2) is 11.2 Å². The lowest BCUT2D eigenvalue weighted by Crippen LogP contribution is -2.39. The van der Waals surface area contributed by atoms with Gasteiger partial charge in [-0.15, -0.1) is 0 Å². The number of hydrogen-bond acceptors (Lipinski definition) is 5. The van der Waals surface area contributed by atoms with E-state index in [9.17, 15) is 9.59 Å².